The zero-order valence-corrected chi connectivity index (χ0v) is 13.1. The Hall–Kier alpha value is -0.610. The number of piperidine rings is 1. The molecule has 1 saturated heterocycles. The molecule has 0 spiro atoms. The molecule has 2 atom stereocenters. The van der Waals surface area contributed by atoms with Crippen LogP contribution >= 0.6 is 0 Å². The number of rotatable bonds is 3. The van der Waals surface area contributed by atoms with Gasteiger partial charge in [0.2, 0.25) is 5.91 Å². The maximum Gasteiger partial charge on any atom is 0.234 e. The van der Waals surface area contributed by atoms with Gasteiger partial charge in [0.05, 0.1) is 12.1 Å². The van der Waals surface area contributed by atoms with E-state index in [0.29, 0.717) is 18.5 Å². The molecule has 120 valence electrons. The smallest absolute Gasteiger partial charge is 0.234 e. The van der Waals surface area contributed by atoms with E-state index in [0.717, 1.165) is 51.6 Å². The van der Waals surface area contributed by atoms with Crippen molar-refractivity contribution in [2.45, 2.75) is 75.9 Å². The fourth-order valence-corrected chi connectivity index (χ4v) is 4.51. The lowest BCUT2D eigenvalue weighted by Gasteiger charge is -2.47. The minimum Gasteiger partial charge on any atom is -0.390 e. The molecule has 3 rings (SSSR count). The summed E-state index contributed by atoms with van der Waals surface area (Å²) >= 11 is 0. The van der Waals surface area contributed by atoms with E-state index in [9.17, 15) is 9.90 Å². The van der Waals surface area contributed by atoms with Crippen LogP contribution in [0.1, 0.15) is 64.2 Å². The molecule has 0 radical (unpaired) electrons. The second kappa shape index (κ2) is 6.66. The van der Waals surface area contributed by atoms with E-state index >= 15 is 0 Å². The molecule has 3 fully saturated rings. The van der Waals surface area contributed by atoms with Crippen molar-refractivity contribution >= 4 is 5.91 Å². The van der Waals surface area contributed by atoms with Crippen LogP contribution in [0.25, 0.3) is 0 Å². The lowest BCUT2D eigenvalue weighted by molar-refractivity contribution is -0.128. The summed E-state index contributed by atoms with van der Waals surface area (Å²) in [5, 5.41) is 13.9. The van der Waals surface area contributed by atoms with E-state index in [4.69, 9.17) is 0 Å². The Kier molecular flexibility index (Phi) is 4.85. The molecule has 2 unspecified atom stereocenters. The van der Waals surface area contributed by atoms with Crippen molar-refractivity contribution in [1.29, 1.82) is 0 Å². The van der Waals surface area contributed by atoms with E-state index in [1.165, 1.54) is 25.7 Å². The van der Waals surface area contributed by atoms with Crippen LogP contribution in [0, 0.1) is 5.92 Å². The molecule has 4 heteroatoms. The SMILES string of the molecule is O=C(CN1CCC2(O)CCCCC2C1)NC1CCCCC1. The second-order valence-electron chi connectivity index (χ2n) is 7.43. The number of fused-ring (bicyclic) bond motifs is 1. The van der Waals surface area contributed by atoms with Crippen LogP contribution in [-0.4, -0.2) is 47.2 Å². The summed E-state index contributed by atoms with van der Waals surface area (Å²) in [7, 11) is 0. The summed E-state index contributed by atoms with van der Waals surface area (Å²) in [5.74, 6) is 0.561. The van der Waals surface area contributed by atoms with Crippen molar-refractivity contribution in [2.24, 2.45) is 5.92 Å². The number of amides is 1. The van der Waals surface area contributed by atoms with Crippen molar-refractivity contribution in [3.63, 3.8) is 0 Å². The number of hydrogen-bond donors (Lipinski definition) is 2. The van der Waals surface area contributed by atoms with Gasteiger partial charge in [-0.25, -0.2) is 0 Å². The molecule has 1 amide bonds. The molecule has 2 N–H and O–H groups in total. The Balaban J connectivity index is 1.46. The number of hydrogen-bond acceptors (Lipinski definition) is 3. The minimum atomic E-state index is -0.436. The quantitative estimate of drug-likeness (QED) is 0.838. The molecule has 21 heavy (non-hydrogen) atoms. The maximum atomic E-state index is 12.2. The Bertz CT molecular complexity index is 368. The molecule has 2 aliphatic carbocycles. The van der Waals surface area contributed by atoms with Gasteiger partial charge < -0.3 is 10.4 Å². The molecule has 0 bridgehead atoms. The zero-order chi connectivity index (χ0) is 14.7. The predicted octanol–water partition coefficient (Wildman–Crippen LogP) is 2.06. The largest absolute Gasteiger partial charge is 0.390 e. The number of carbonyl (C=O) groups is 1. The summed E-state index contributed by atoms with van der Waals surface area (Å²) < 4.78 is 0. The second-order valence-corrected chi connectivity index (χ2v) is 7.43. The van der Waals surface area contributed by atoms with Gasteiger partial charge in [0.1, 0.15) is 0 Å². The molecule has 0 aromatic carbocycles. The standard InChI is InChI=1S/C17H30N2O2/c20-16(18-15-7-2-1-3-8-15)13-19-11-10-17(21)9-5-4-6-14(17)12-19/h14-15,21H,1-13H2,(H,18,20). The molecule has 2 saturated carbocycles. The van der Waals surface area contributed by atoms with Crippen molar-refractivity contribution in [1.82, 2.24) is 10.2 Å². The van der Waals surface area contributed by atoms with Crippen molar-refractivity contribution < 1.29 is 9.90 Å². The van der Waals surface area contributed by atoms with Crippen LogP contribution in [0.5, 0.6) is 0 Å². The zero-order valence-electron chi connectivity index (χ0n) is 13.1. The third kappa shape index (κ3) is 3.78. The number of nitrogens with zero attached hydrogens (tertiary/aromatic N) is 1. The monoisotopic (exact) mass is 294 g/mol. The van der Waals surface area contributed by atoms with Gasteiger partial charge in [-0.1, -0.05) is 32.1 Å². The fraction of sp³-hybridized carbons (Fsp3) is 0.941. The fourth-order valence-electron chi connectivity index (χ4n) is 4.51. The third-order valence-electron chi connectivity index (χ3n) is 5.85. The van der Waals surface area contributed by atoms with Crippen molar-refractivity contribution in [2.75, 3.05) is 19.6 Å². The predicted molar refractivity (Wildman–Crippen MR) is 83.0 cm³/mol. The Labute approximate surface area is 128 Å². The van der Waals surface area contributed by atoms with Gasteiger partial charge in [0.15, 0.2) is 0 Å². The molecule has 4 nitrogen and oxygen atoms in total. The maximum absolute atomic E-state index is 12.2. The number of likely N-dealkylation sites (tertiary alicyclic amines) is 1. The summed E-state index contributed by atoms with van der Waals surface area (Å²) in [4.78, 5) is 14.5. The first-order valence-electron chi connectivity index (χ1n) is 8.90. The first kappa shape index (κ1) is 15.3. The first-order valence-corrected chi connectivity index (χ1v) is 8.90. The summed E-state index contributed by atoms with van der Waals surface area (Å²) in [6.07, 6.45) is 11.4. The molecule has 0 aromatic heterocycles. The molecular formula is C17H30N2O2. The van der Waals surface area contributed by atoms with E-state index in [1.54, 1.807) is 0 Å². The average Bonchev–Trinajstić information content (AvgIpc) is 2.48. The van der Waals surface area contributed by atoms with E-state index < -0.39 is 5.60 Å². The lowest BCUT2D eigenvalue weighted by Crippen LogP contribution is -2.55. The van der Waals surface area contributed by atoms with E-state index in [-0.39, 0.29) is 5.91 Å². The molecule has 3 aliphatic rings. The van der Waals surface area contributed by atoms with Gasteiger partial charge >= 0.3 is 0 Å². The van der Waals surface area contributed by atoms with E-state index in [1.807, 2.05) is 0 Å². The number of nitrogens with one attached hydrogen (secondary N) is 1. The van der Waals surface area contributed by atoms with Gasteiger partial charge in [-0.05, 0) is 32.1 Å². The van der Waals surface area contributed by atoms with Crippen LogP contribution in [0.3, 0.4) is 0 Å². The minimum absolute atomic E-state index is 0.183. The Morgan fingerprint density at radius 1 is 1.10 bits per heavy atom. The lowest BCUT2D eigenvalue weighted by atomic mass is 9.71. The van der Waals surface area contributed by atoms with Gasteiger partial charge in [-0.2, -0.15) is 0 Å². The highest BCUT2D eigenvalue weighted by atomic mass is 16.3. The highest BCUT2D eigenvalue weighted by Crippen LogP contribution is 2.39. The highest BCUT2D eigenvalue weighted by molar-refractivity contribution is 5.78. The van der Waals surface area contributed by atoms with Crippen molar-refractivity contribution in [3.8, 4) is 0 Å². The molecule has 1 heterocycles. The normalized spacial score (nSPS) is 35.2. The summed E-state index contributed by atoms with van der Waals surface area (Å²) in [6.45, 7) is 2.28. The summed E-state index contributed by atoms with van der Waals surface area (Å²) in [6, 6.07) is 0.405. The summed E-state index contributed by atoms with van der Waals surface area (Å²) in [5.41, 5.74) is -0.436. The van der Waals surface area contributed by atoms with Gasteiger partial charge in [-0.3, -0.25) is 9.69 Å². The first-order chi connectivity index (χ1) is 10.2. The molecular weight excluding hydrogens is 264 g/mol. The average molecular weight is 294 g/mol. The number of aliphatic hydroxyl groups is 1. The van der Waals surface area contributed by atoms with Gasteiger partial charge in [-0.15, -0.1) is 0 Å². The third-order valence-corrected chi connectivity index (χ3v) is 5.85. The van der Waals surface area contributed by atoms with Gasteiger partial charge in [0.25, 0.3) is 0 Å². The molecule has 1 aliphatic heterocycles. The van der Waals surface area contributed by atoms with Crippen LogP contribution < -0.4 is 5.32 Å². The topological polar surface area (TPSA) is 52.6 Å². The molecule has 0 aromatic rings. The van der Waals surface area contributed by atoms with Crippen molar-refractivity contribution in [3.05, 3.63) is 0 Å². The Morgan fingerprint density at radius 3 is 2.67 bits per heavy atom. The van der Waals surface area contributed by atoms with Crippen LogP contribution in [-0.2, 0) is 4.79 Å². The Morgan fingerprint density at radius 2 is 1.86 bits per heavy atom. The van der Waals surface area contributed by atoms with Crippen LogP contribution in [0.15, 0.2) is 0 Å². The van der Waals surface area contributed by atoms with Gasteiger partial charge in [0, 0.05) is 25.0 Å². The van der Waals surface area contributed by atoms with E-state index in [2.05, 4.69) is 10.2 Å². The highest BCUT2D eigenvalue weighted by Gasteiger charge is 2.42. The van der Waals surface area contributed by atoms with Crippen LogP contribution in [0.2, 0.25) is 0 Å². The van der Waals surface area contributed by atoms with Crippen LogP contribution in [0.4, 0.5) is 0 Å². The number of carbonyl (C=O) groups excluding carboxylic acids is 1.